The first kappa shape index (κ1) is 13.6. The normalized spacial score (nSPS) is 18.5. The van der Waals surface area contributed by atoms with Crippen LogP contribution in [0.25, 0.3) is 0 Å². The van der Waals surface area contributed by atoms with Gasteiger partial charge >= 0.3 is 0 Å². The van der Waals surface area contributed by atoms with Crippen molar-refractivity contribution in [3.63, 3.8) is 0 Å². The lowest BCUT2D eigenvalue weighted by Gasteiger charge is -2.44. The fourth-order valence-corrected chi connectivity index (χ4v) is 2.65. The summed E-state index contributed by atoms with van der Waals surface area (Å²) in [7, 11) is 0. The van der Waals surface area contributed by atoms with Gasteiger partial charge in [0.25, 0.3) is 0 Å². The van der Waals surface area contributed by atoms with Gasteiger partial charge in [0, 0.05) is 11.0 Å². The lowest BCUT2D eigenvalue weighted by Crippen LogP contribution is -2.49. The second kappa shape index (κ2) is 4.67. The van der Waals surface area contributed by atoms with E-state index in [1.165, 1.54) is 16.7 Å². The molecule has 0 aromatic heterocycles. The van der Waals surface area contributed by atoms with E-state index in [2.05, 4.69) is 45.9 Å². The SMILES string of the molecule is Cc1ccc(C)c(C2(CCC(C)(C)N)COC2)c1. The molecule has 18 heavy (non-hydrogen) atoms. The third-order valence-electron chi connectivity index (χ3n) is 3.97. The molecule has 0 amide bonds. The Labute approximate surface area is 111 Å². The van der Waals surface area contributed by atoms with E-state index in [9.17, 15) is 0 Å². The molecule has 1 saturated heterocycles. The summed E-state index contributed by atoms with van der Waals surface area (Å²) in [6, 6.07) is 6.72. The Bertz CT molecular complexity index is 427. The van der Waals surface area contributed by atoms with Gasteiger partial charge in [0.1, 0.15) is 0 Å². The molecule has 0 unspecified atom stereocenters. The van der Waals surface area contributed by atoms with Crippen LogP contribution in [0.4, 0.5) is 0 Å². The monoisotopic (exact) mass is 247 g/mol. The van der Waals surface area contributed by atoms with Gasteiger partial charge in [-0.1, -0.05) is 23.8 Å². The lowest BCUT2D eigenvalue weighted by atomic mass is 9.71. The van der Waals surface area contributed by atoms with E-state index in [1.54, 1.807) is 0 Å². The highest BCUT2D eigenvalue weighted by Gasteiger charge is 2.41. The minimum Gasteiger partial charge on any atom is -0.379 e. The van der Waals surface area contributed by atoms with Gasteiger partial charge in [-0.15, -0.1) is 0 Å². The maximum Gasteiger partial charge on any atom is 0.0585 e. The zero-order chi connectivity index (χ0) is 13.4. The molecular formula is C16H25NO. The number of aryl methyl sites for hydroxylation is 2. The molecule has 0 radical (unpaired) electrons. The molecule has 2 nitrogen and oxygen atoms in total. The smallest absolute Gasteiger partial charge is 0.0585 e. The van der Waals surface area contributed by atoms with Crippen LogP contribution in [0, 0.1) is 13.8 Å². The predicted octanol–water partition coefficient (Wildman–Crippen LogP) is 3.09. The molecule has 0 atom stereocenters. The lowest BCUT2D eigenvalue weighted by molar-refractivity contribution is -0.0672. The highest BCUT2D eigenvalue weighted by atomic mass is 16.5. The molecular weight excluding hydrogens is 222 g/mol. The van der Waals surface area contributed by atoms with Crippen molar-refractivity contribution in [2.75, 3.05) is 13.2 Å². The second-order valence-corrected chi connectivity index (χ2v) is 6.58. The van der Waals surface area contributed by atoms with Crippen LogP contribution in [0.5, 0.6) is 0 Å². The predicted molar refractivity (Wildman–Crippen MR) is 75.9 cm³/mol. The van der Waals surface area contributed by atoms with Crippen molar-refractivity contribution >= 4 is 0 Å². The van der Waals surface area contributed by atoms with Gasteiger partial charge in [0.2, 0.25) is 0 Å². The summed E-state index contributed by atoms with van der Waals surface area (Å²) >= 11 is 0. The zero-order valence-corrected chi connectivity index (χ0v) is 12.0. The number of rotatable bonds is 4. The Balaban J connectivity index is 2.24. The minimum atomic E-state index is -0.0969. The Hall–Kier alpha value is -0.860. The largest absolute Gasteiger partial charge is 0.379 e. The summed E-state index contributed by atoms with van der Waals surface area (Å²) in [5.41, 5.74) is 10.4. The van der Waals surface area contributed by atoms with Crippen LogP contribution in [-0.4, -0.2) is 18.8 Å². The van der Waals surface area contributed by atoms with Crippen LogP contribution >= 0.6 is 0 Å². The van der Waals surface area contributed by atoms with Crippen LogP contribution in [-0.2, 0) is 10.2 Å². The number of benzene rings is 1. The highest BCUT2D eigenvalue weighted by molar-refractivity contribution is 5.38. The van der Waals surface area contributed by atoms with Crippen molar-refractivity contribution in [1.29, 1.82) is 0 Å². The van der Waals surface area contributed by atoms with Crippen molar-refractivity contribution in [2.45, 2.75) is 51.5 Å². The average Bonchev–Trinajstić information content (AvgIpc) is 2.20. The first-order valence-corrected chi connectivity index (χ1v) is 6.77. The molecule has 2 rings (SSSR count). The summed E-state index contributed by atoms with van der Waals surface area (Å²) in [4.78, 5) is 0. The topological polar surface area (TPSA) is 35.2 Å². The van der Waals surface area contributed by atoms with E-state index >= 15 is 0 Å². The van der Waals surface area contributed by atoms with Gasteiger partial charge in [-0.05, 0) is 51.7 Å². The molecule has 1 aliphatic rings. The van der Waals surface area contributed by atoms with Gasteiger partial charge in [-0.2, -0.15) is 0 Å². The summed E-state index contributed by atoms with van der Waals surface area (Å²) in [6.07, 6.45) is 2.14. The molecule has 1 aromatic carbocycles. The van der Waals surface area contributed by atoms with Crippen molar-refractivity contribution < 1.29 is 4.74 Å². The van der Waals surface area contributed by atoms with Crippen LogP contribution in [0.2, 0.25) is 0 Å². The number of hydrogen-bond donors (Lipinski definition) is 1. The van der Waals surface area contributed by atoms with Crippen LogP contribution in [0.3, 0.4) is 0 Å². The molecule has 1 aliphatic heterocycles. The fourth-order valence-electron chi connectivity index (χ4n) is 2.65. The van der Waals surface area contributed by atoms with Crippen molar-refractivity contribution in [3.8, 4) is 0 Å². The summed E-state index contributed by atoms with van der Waals surface area (Å²) < 4.78 is 5.51. The van der Waals surface area contributed by atoms with E-state index < -0.39 is 0 Å². The molecule has 0 spiro atoms. The second-order valence-electron chi connectivity index (χ2n) is 6.58. The zero-order valence-electron chi connectivity index (χ0n) is 12.0. The van der Waals surface area contributed by atoms with E-state index in [1.807, 2.05) is 0 Å². The molecule has 1 aromatic rings. The first-order valence-electron chi connectivity index (χ1n) is 6.77. The molecule has 0 saturated carbocycles. The van der Waals surface area contributed by atoms with Gasteiger partial charge in [0.15, 0.2) is 0 Å². The van der Waals surface area contributed by atoms with E-state index in [4.69, 9.17) is 10.5 Å². The first-order chi connectivity index (χ1) is 8.32. The van der Waals surface area contributed by atoms with Crippen molar-refractivity contribution in [2.24, 2.45) is 5.73 Å². The van der Waals surface area contributed by atoms with Crippen LogP contribution in [0.1, 0.15) is 43.4 Å². The average molecular weight is 247 g/mol. The summed E-state index contributed by atoms with van der Waals surface area (Å²) in [5, 5.41) is 0. The molecule has 100 valence electrons. The third kappa shape index (κ3) is 2.76. The molecule has 2 heteroatoms. The van der Waals surface area contributed by atoms with E-state index in [0.29, 0.717) is 0 Å². The number of nitrogens with two attached hydrogens (primary N) is 1. The Kier molecular flexibility index (Phi) is 3.52. The molecule has 1 fully saturated rings. The maximum absolute atomic E-state index is 6.13. The molecule has 2 N–H and O–H groups in total. The summed E-state index contributed by atoms with van der Waals surface area (Å²) in [6.45, 7) is 10.2. The van der Waals surface area contributed by atoms with Gasteiger partial charge in [0.05, 0.1) is 13.2 Å². The van der Waals surface area contributed by atoms with Crippen LogP contribution < -0.4 is 5.73 Å². The Morgan fingerprint density at radius 3 is 2.44 bits per heavy atom. The molecule has 0 aliphatic carbocycles. The van der Waals surface area contributed by atoms with Gasteiger partial charge in [-0.3, -0.25) is 0 Å². The Morgan fingerprint density at radius 1 is 1.28 bits per heavy atom. The van der Waals surface area contributed by atoms with E-state index in [-0.39, 0.29) is 11.0 Å². The fraction of sp³-hybridized carbons (Fsp3) is 0.625. The van der Waals surface area contributed by atoms with E-state index in [0.717, 1.165) is 26.1 Å². The summed E-state index contributed by atoms with van der Waals surface area (Å²) in [5.74, 6) is 0. The molecule has 0 bridgehead atoms. The van der Waals surface area contributed by atoms with Crippen molar-refractivity contribution in [3.05, 3.63) is 34.9 Å². The third-order valence-corrected chi connectivity index (χ3v) is 3.97. The molecule has 1 heterocycles. The number of ether oxygens (including phenoxy) is 1. The standard InChI is InChI=1S/C16H25NO/c1-12-5-6-13(2)14(9-12)16(10-18-11-16)8-7-15(3,4)17/h5-6,9H,7-8,10-11,17H2,1-4H3. The van der Waals surface area contributed by atoms with Gasteiger partial charge < -0.3 is 10.5 Å². The Morgan fingerprint density at radius 2 is 1.94 bits per heavy atom. The van der Waals surface area contributed by atoms with Gasteiger partial charge in [-0.25, -0.2) is 0 Å². The highest BCUT2D eigenvalue weighted by Crippen LogP contribution is 2.39. The van der Waals surface area contributed by atoms with Crippen LogP contribution in [0.15, 0.2) is 18.2 Å². The number of hydrogen-bond acceptors (Lipinski definition) is 2. The maximum atomic E-state index is 6.13. The van der Waals surface area contributed by atoms with Crippen molar-refractivity contribution in [1.82, 2.24) is 0 Å². The minimum absolute atomic E-state index is 0.0969. The quantitative estimate of drug-likeness (QED) is 0.887.